The third-order valence-corrected chi connectivity index (χ3v) is 1.70. The molecule has 80 valence electrons. The van der Waals surface area contributed by atoms with Crippen molar-refractivity contribution in [3.63, 3.8) is 0 Å². The Morgan fingerprint density at radius 1 is 1.67 bits per heavy atom. The Hall–Kier alpha value is -1.80. The van der Waals surface area contributed by atoms with E-state index in [1.165, 1.54) is 16.9 Å². The number of rotatable bonds is 5. The number of nitrogens with zero attached hydrogens (tertiary/aromatic N) is 2. The Morgan fingerprint density at radius 2 is 2.47 bits per heavy atom. The van der Waals surface area contributed by atoms with Crippen molar-refractivity contribution in [1.82, 2.24) is 9.78 Å². The Balaban J connectivity index is 2.66. The number of aromatic nitrogens is 2. The monoisotopic (exact) mass is 207 g/mol. The van der Waals surface area contributed by atoms with Crippen LogP contribution in [-0.2, 0) is 6.54 Å². The summed E-state index contributed by atoms with van der Waals surface area (Å²) in [6, 6.07) is 1.36. The van der Waals surface area contributed by atoms with Crippen LogP contribution in [0.4, 0.5) is 0 Å². The smallest absolute Gasteiger partial charge is 0.271 e. The minimum Gasteiger partial charge on any atom is -0.492 e. The molecule has 0 aliphatic rings. The molecule has 0 atom stereocenters. The van der Waals surface area contributed by atoms with Crippen molar-refractivity contribution in [1.29, 1.82) is 0 Å². The van der Waals surface area contributed by atoms with Gasteiger partial charge in [0, 0.05) is 6.07 Å². The largest absolute Gasteiger partial charge is 0.492 e. The van der Waals surface area contributed by atoms with Gasteiger partial charge in [0.2, 0.25) is 0 Å². The minimum atomic E-state index is -0.266. The summed E-state index contributed by atoms with van der Waals surface area (Å²) < 4.78 is 6.44. The van der Waals surface area contributed by atoms with Gasteiger partial charge in [0.15, 0.2) is 0 Å². The molecule has 0 aliphatic heterocycles. The minimum absolute atomic E-state index is 0.169. The SMILES string of the molecule is C#CCn1ncc(OCCCN)cc1=O. The predicted molar refractivity (Wildman–Crippen MR) is 56.5 cm³/mol. The first-order valence-corrected chi connectivity index (χ1v) is 4.61. The first kappa shape index (κ1) is 11.3. The normalized spacial score (nSPS) is 9.60. The van der Waals surface area contributed by atoms with E-state index in [-0.39, 0.29) is 12.1 Å². The lowest BCUT2D eigenvalue weighted by Gasteiger charge is -2.05. The van der Waals surface area contributed by atoms with Gasteiger partial charge in [-0.2, -0.15) is 5.10 Å². The zero-order valence-corrected chi connectivity index (χ0v) is 8.35. The van der Waals surface area contributed by atoms with Gasteiger partial charge in [-0.1, -0.05) is 5.92 Å². The molecule has 1 rings (SSSR count). The topological polar surface area (TPSA) is 70.1 Å². The molecule has 0 saturated carbocycles. The van der Waals surface area contributed by atoms with Crippen LogP contribution in [0.3, 0.4) is 0 Å². The maximum Gasteiger partial charge on any atom is 0.271 e. The summed E-state index contributed by atoms with van der Waals surface area (Å²) in [4.78, 5) is 11.4. The first-order valence-electron chi connectivity index (χ1n) is 4.61. The summed E-state index contributed by atoms with van der Waals surface area (Å²) >= 11 is 0. The van der Waals surface area contributed by atoms with E-state index in [9.17, 15) is 4.79 Å². The van der Waals surface area contributed by atoms with Crippen LogP contribution in [0.1, 0.15) is 6.42 Å². The van der Waals surface area contributed by atoms with Crippen LogP contribution >= 0.6 is 0 Å². The average molecular weight is 207 g/mol. The van der Waals surface area contributed by atoms with E-state index < -0.39 is 0 Å². The van der Waals surface area contributed by atoms with Gasteiger partial charge in [0.1, 0.15) is 12.3 Å². The van der Waals surface area contributed by atoms with Crippen LogP contribution < -0.4 is 16.0 Å². The van der Waals surface area contributed by atoms with E-state index in [0.29, 0.717) is 18.9 Å². The summed E-state index contributed by atoms with van der Waals surface area (Å²) in [5, 5.41) is 3.85. The van der Waals surface area contributed by atoms with E-state index >= 15 is 0 Å². The van der Waals surface area contributed by atoms with E-state index in [4.69, 9.17) is 16.9 Å². The molecule has 0 spiro atoms. The van der Waals surface area contributed by atoms with Gasteiger partial charge in [-0.15, -0.1) is 6.42 Å². The summed E-state index contributed by atoms with van der Waals surface area (Å²) in [5.41, 5.74) is 5.04. The number of terminal acetylenes is 1. The highest BCUT2D eigenvalue weighted by atomic mass is 16.5. The number of ether oxygens (including phenoxy) is 1. The highest BCUT2D eigenvalue weighted by Gasteiger charge is 1.99. The molecule has 0 unspecified atom stereocenters. The third kappa shape index (κ3) is 3.44. The van der Waals surface area contributed by atoms with Crippen molar-refractivity contribution in [3.8, 4) is 18.1 Å². The lowest BCUT2D eigenvalue weighted by molar-refractivity contribution is 0.309. The van der Waals surface area contributed by atoms with E-state index in [0.717, 1.165) is 6.42 Å². The van der Waals surface area contributed by atoms with Gasteiger partial charge in [-0.25, -0.2) is 4.68 Å². The molecule has 2 N–H and O–H groups in total. The van der Waals surface area contributed by atoms with Crippen molar-refractivity contribution < 1.29 is 4.74 Å². The fourth-order valence-corrected chi connectivity index (χ4v) is 0.974. The van der Waals surface area contributed by atoms with E-state index in [2.05, 4.69) is 11.0 Å². The second-order valence-electron chi connectivity index (χ2n) is 2.88. The summed E-state index contributed by atoms with van der Waals surface area (Å²) in [6.07, 6.45) is 7.28. The first-order chi connectivity index (χ1) is 7.27. The zero-order valence-electron chi connectivity index (χ0n) is 8.35. The van der Waals surface area contributed by atoms with Crippen LogP contribution in [0.15, 0.2) is 17.1 Å². The molecule has 0 amide bonds. The van der Waals surface area contributed by atoms with Crippen LogP contribution in [0.25, 0.3) is 0 Å². The molecule has 0 bridgehead atoms. The van der Waals surface area contributed by atoms with Gasteiger partial charge >= 0.3 is 0 Å². The summed E-state index contributed by atoms with van der Waals surface area (Å²) in [7, 11) is 0. The molecule has 0 aliphatic carbocycles. The highest BCUT2D eigenvalue weighted by molar-refractivity contribution is 5.13. The molecule has 1 aromatic heterocycles. The standard InChI is InChI=1S/C10H13N3O2/c1-2-5-13-10(14)7-9(8-12-13)15-6-3-4-11/h1,7-8H,3-6,11H2. The van der Waals surface area contributed by atoms with Crippen molar-refractivity contribution in [2.45, 2.75) is 13.0 Å². The lowest BCUT2D eigenvalue weighted by Crippen LogP contribution is -2.21. The maximum absolute atomic E-state index is 11.4. The lowest BCUT2D eigenvalue weighted by atomic mass is 10.4. The molecule has 5 nitrogen and oxygen atoms in total. The van der Waals surface area contributed by atoms with Gasteiger partial charge in [-0.05, 0) is 13.0 Å². The molecule has 1 heterocycles. The zero-order chi connectivity index (χ0) is 11.1. The Morgan fingerprint density at radius 3 is 3.07 bits per heavy atom. The predicted octanol–water partition coefficient (Wildman–Crippen LogP) is -0.396. The maximum atomic E-state index is 11.4. The Labute approximate surface area is 87.9 Å². The van der Waals surface area contributed by atoms with E-state index in [1.54, 1.807) is 0 Å². The van der Waals surface area contributed by atoms with Crippen LogP contribution in [0.5, 0.6) is 5.75 Å². The second kappa shape index (κ2) is 5.83. The highest BCUT2D eigenvalue weighted by Crippen LogP contribution is 2.03. The molecular weight excluding hydrogens is 194 g/mol. The Bertz CT molecular complexity index is 406. The second-order valence-corrected chi connectivity index (χ2v) is 2.88. The molecule has 0 aromatic carbocycles. The molecule has 0 saturated heterocycles. The van der Waals surface area contributed by atoms with Gasteiger partial charge < -0.3 is 10.5 Å². The third-order valence-electron chi connectivity index (χ3n) is 1.70. The van der Waals surface area contributed by atoms with Crippen molar-refractivity contribution in [2.24, 2.45) is 5.73 Å². The van der Waals surface area contributed by atoms with Crippen LogP contribution in [0.2, 0.25) is 0 Å². The fourth-order valence-electron chi connectivity index (χ4n) is 0.974. The van der Waals surface area contributed by atoms with Crippen LogP contribution in [0, 0.1) is 12.3 Å². The summed E-state index contributed by atoms with van der Waals surface area (Å²) in [5.74, 6) is 2.79. The van der Waals surface area contributed by atoms with Crippen molar-refractivity contribution >= 4 is 0 Å². The molecule has 5 heteroatoms. The van der Waals surface area contributed by atoms with Crippen LogP contribution in [-0.4, -0.2) is 22.9 Å². The average Bonchev–Trinajstić information content (AvgIpc) is 2.23. The van der Waals surface area contributed by atoms with Gasteiger partial charge in [0.05, 0.1) is 12.8 Å². The quantitative estimate of drug-likeness (QED) is 0.527. The number of hydrogen-bond acceptors (Lipinski definition) is 4. The number of nitrogens with two attached hydrogens (primary N) is 1. The number of hydrogen-bond donors (Lipinski definition) is 1. The van der Waals surface area contributed by atoms with Gasteiger partial charge in [-0.3, -0.25) is 4.79 Å². The fraction of sp³-hybridized carbons (Fsp3) is 0.400. The van der Waals surface area contributed by atoms with Crippen molar-refractivity contribution in [3.05, 3.63) is 22.6 Å². The molecule has 0 fully saturated rings. The van der Waals surface area contributed by atoms with E-state index in [1.807, 2.05) is 0 Å². The molecule has 1 aromatic rings. The molecule has 0 radical (unpaired) electrons. The van der Waals surface area contributed by atoms with Gasteiger partial charge in [0.25, 0.3) is 5.56 Å². The summed E-state index contributed by atoms with van der Waals surface area (Å²) in [6.45, 7) is 1.21. The molecule has 15 heavy (non-hydrogen) atoms. The Kier molecular flexibility index (Phi) is 4.38. The molecular formula is C10H13N3O2. The van der Waals surface area contributed by atoms with Crippen molar-refractivity contribution in [2.75, 3.05) is 13.2 Å².